The molecule has 0 amide bonds. The van der Waals surface area contributed by atoms with Gasteiger partial charge >= 0.3 is 5.97 Å². The van der Waals surface area contributed by atoms with E-state index in [0.717, 1.165) is 16.5 Å². The summed E-state index contributed by atoms with van der Waals surface area (Å²) >= 11 is 1.56. The average Bonchev–Trinajstić information content (AvgIpc) is 2.73. The maximum Gasteiger partial charge on any atom is 0.337 e. The Bertz CT molecular complexity index is 625. The second kappa shape index (κ2) is 5.27. The third-order valence-corrected chi connectivity index (χ3v) is 3.80. The molecular weight excluding hydrogens is 267 g/mol. The highest BCUT2D eigenvalue weighted by molar-refractivity contribution is 7.10. The first-order valence-electron chi connectivity index (χ1n) is 5.58. The van der Waals surface area contributed by atoms with Crippen molar-refractivity contribution < 1.29 is 14.3 Å². The van der Waals surface area contributed by atoms with Crippen molar-refractivity contribution in [1.82, 2.24) is 0 Å². The zero-order chi connectivity index (χ0) is 14.0. The summed E-state index contributed by atoms with van der Waals surface area (Å²) < 4.78 is 13.7. The number of nitrogens with two attached hydrogens (primary N) is 1. The van der Waals surface area contributed by atoms with Gasteiger partial charge in [-0.15, -0.1) is 11.3 Å². The first kappa shape index (κ1) is 13.4. The molecule has 2 aromatic rings. The number of hydrogen-bond acceptors (Lipinski definition) is 4. The number of carboxylic acids is 1. The van der Waals surface area contributed by atoms with Crippen LogP contribution in [0.4, 0.5) is 15.8 Å². The number of carbonyl (C=O) groups is 1. The molecule has 19 heavy (non-hydrogen) atoms. The molecule has 1 aromatic heterocycles. The summed E-state index contributed by atoms with van der Waals surface area (Å²) in [7, 11) is 0. The van der Waals surface area contributed by atoms with Crippen LogP contribution in [0, 0.1) is 12.7 Å². The molecule has 6 heteroatoms. The van der Waals surface area contributed by atoms with Crippen molar-refractivity contribution in [2.45, 2.75) is 13.5 Å². The van der Waals surface area contributed by atoms with Crippen molar-refractivity contribution in [3.8, 4) is 0 Å². The fraction of sp³-hybridized carbons (Fsp3) is 0.154. The molecule has 0 bridgehead atoms. The van der Waals surface area contributed by atoms with E-state index in [4.69, 9.17) is 10.8 Å². The largest absolute Gasteiger partial charge is 0.478 e. The van der Waals surface area contributed by atoms with E-state index in [0.29, 0.717) is 6.54 Å². The monoisotopic (exact) mass is 280 g/mol. The summed E-state index contributed by atoms with van der Waals surface area (Å²) in [5.74, 6) is -1.73. The number of nitrogens with one attached hydrogen (secondary N) is 1. The lowest BCUT2D eigenvalue weighted by Crippen LogP contribution is -2.07. The highest BCUT2D eigenvalue weighted by Gasteiger charge is 2.13. The third-order valence-electron chi connectivity index (χ3n) is 2.78. The predicted molar refractivity (Wildman–Crippen MR) is 74.2 cm³/mol. The van der Waals surface area contributed by atoms with Crippen LogP contribution in [0.25, 0.3) is 0 Å². The molecule has 0 saturated carbocycles. The van der Waals surface area contributed by atoms with Gasteiger partial charge in [-0.05, 0) is 36.1 Å². The zero-order valence-electron chi connectivity index (χ0n) is 10.2. The van der Waals surface area contributed by atoms with E-state index in [1.54, 1.807) is 11.3 Å². The Labute approximate surface area is 113 Å². The van der Waals surface area contributed by atoms with Crippen LogP contribution < -0.4 is 11.1 Å². The van der Waals surface area contributed by atoms with Crippen molar-refractivity contribution in [3.05, 3.63) is 45.4 Å². The number of aromatic carboxylic acids is 1. The average molecular weight is 280 g/mol. The molecule has 0 spiro atoms. The van der Waals surface area contributed by atoms with Gasteiger partial charge in [-0.1, -0.05) is 0 Å². The number of halogens is 1. The SMILES string of the molecule is Cc1ccsc1CNc1cc(C(=O)O)c(N)cc1F. The van der Waals surface area contributed by atoms with Crippen LogP contribution >= 0.6 is 11.3 Å². The molecule has 1 heterocycles. The topological polar surface area (TPSA) is 75.3 Å². The van der Waals surface area contributed by atoms with E-state index in [1.807, 2.05) is 18.4 Å². The summed E-state index contributed by atoms with van der Waals surface area (Å²) in [6, 6.07) is 4.21. The van der Waals surface area contributed by atoms with Crippen LogP contribution in [0.15, 0.2) is 23.6 Å². The lowest BCUT2D eigenvalue weighted by molar-refractivity contribution is 0.0698. The van der Waals surface area contributed by atoms with Gasteiger partial charge in [0, 0.05) is 17.1 Å². The normalized spacial score (nSPS) is 10.4. The van der Waals surface area contributed by atoms with E-state index >= 15 is 0 Å². The number of benzene rings is 1. The minimum absolute atomic E-state index is 0.0807. The van der Waals surface area contributed by atoms with Gasteiger partial charge in [-0.2, -0.15) is 0 Å². The van der Waals surface area contributed by atoms with Crippen LogP contribution in [0.1, 0.15) is 20.8 Å². The minimum atomic E-state index is -1.17. The van der Waals surface area contributed by atoms with Crippen molar-refractivity contribution in [3.63, 3.8) is 0 Å². The van der Waals surface area contributed by atoms with Crippen LogP contribution in [0.2, 0.25) is 0 Å². The maximum atomic E-state index is 13.7. The van der Waals surface area contributed by atoms with Gasteiger partial charge in [0.05, 0.1) is 11.3 Å². The molecule has 100 valence electrons. The number of anilines is 2. The fourth-order valence-electron chi connectivity index (χ4n) is 1.67. The third kappa shape index (κ3) is 2.85. The Morgan fingerprint density at radius 2 is 2.26 bits per heavy atom. The van der Waals surface area contributed by atoms with Gasteiger partial charge in [-0.3, -0.25) is 0 Å². The van der Waals surface area contributed by atoms with Gasteiger partial charge in [0.1, 0.15) is 5.82 Å². The van der Waals surface area contributed by atoms with Crippen LogP contribution in [0.3, 0.4) is 0 Å². The number of hydrogen-bond donors (Lipinski definition) is 3. The Hall–Kier alpha value is -2.08. The first-order valence-corrected chi connectivity index (χ1v) is 6.46. The molecule has 0 saturated heterocycles. The molecule has 0 aliphatic rings. The lowest BCUT2D eigenvalue weighted by atomic mass is 10.1. The summed E-state index contributed by atoms with van der Waals surface area (Å²) in [6.07, 6.45) is 0. The summed E-state index contributed by atoms with van der Waals surface area (Å²) in [5.41, 5.74) is 6.53. The van der Waals surface area contributed by atoms with Crippen LogP contribution in [0.5, 0.6) is 0 Å². The molecule has 4 N–H and O–H groups in total. The minimum Gasteiger partial charge on any atom is -0.478 e. The van der Waals surface area contributed by atoms with Gasteiger partial charge in [0.15, 0.2) is 0 Å². The molecule has 4 nitrogen and oxygen atoms in total. The van der Waals surface area contributed by atoms with E-state index in [-0.39, 0.29) is 16.9 Å². The van der Waals surface area contributed by atoms with Crippen molar-refractivity contribution in [2.75, 3.05) is 11.1 Å². The van der Waals surface area contributed by atoms with Gasteiger partial charge in [-0.25, -0.2) is 9.18 Å². The quantitative estimate of drug-likeness (QED) is 0.752. The van der Waals surface area contributed by atoms with E-state index in [1.165, 1.54) is 6.07 Å². The second-order valence-electron chi connectivity index (χ2n) is 4.10. The second-order valence-corrected chi connectivity index (χ2v) is 5.11. The molecule has 0 radical (unpaired) electrons. The maximum absolute atomic E-state index is 13.7. The molecule has 0 fully saturated rings. The van der Waals surface area contributed by atoms with Crippen molar-refractivity contribution in [1.29, 1.82) is 0 Å². The summed E-state index contributed by atoms with van der Waals surface area (Å²) in [4.78, 5) is 12.0. The smallest absolute Gasteiger partial charge is 0.337 e. The van der Waals surface area contributed by atoms with E-state index < -0.39 is 11.8 Å². The van der Waals surface area contributed by atoms with Crippen LogP contribution in [-0.4, -0.2) is 11.1 Å². The van der Waals surface area contributed by atoms with E-state index in [2.05, 4.69) is 5.32 Å². The molecule has 0 unspecified atom stereocenters. The number of aryl methyl sites for hydroxylation is 1. The number of thiophene rings is 1. The van der Waals surface area contributed by atoms with Gasteiger partial charge in [0.25, 0.3) is 0 Å². The number of nitrogen functional groups attached to an aromatic ring is 1. The molecule has 1 aromatic carbocycles. The van der Waals surface area contributed by atoms with E-state index in [9.17, 15) is 9.18 Å². The number of carboxylic acid groups (broad SMARTS) is 1. The first-order chi connectivity index (χ1) is 8.99. The molecule has 0 atom stereocenters. The van der Waals surface area contributed by atoms with Crippen LogP contribution in [-0.2, 0) is 6.54 Å². The Kier molecular flexibility index (Phi) is 3.71. The van der Waals surface area contributed by atoms with Gasteiger partial charge < -0.3 is 16.2 Å². The molecule has 0 aliphatic carbocycles. The van der Waals surface area contributed by atoms with Crippen molar-refractivity contribution in [2.24, 2.45) is 0 Å². The predicted octanol–water partition coefficient (Wildman–Crippen LogP) is 3.09. The highest BCUT2D eigenvalue weighted by Crippen LogP contribution is 2.24. The molecular formula is C13H13FN2O2S. The molecule has 2 rings (SSSR count). The Morgan fingerprint density at radius 3 is 2.84 bits per heavy atom. The molecule has 0 aliphatic heterocycles. The highest BCUT2D eigenvalue weighted by atomic mass is 32.1. The number of rotatable bonds is 4. The fourth-order valence-corrected chi connectivity index (χ4v) is 2.52. The van der Waals surface area contributed by atoms with Crippen molar-refractivity contribution >= 4 is 28.7 Å². The lowest BCUT2D eigenvalue weighted by Gasteiger charge is -2.10. The summed E-state index contributed by atoms with van der Waals surface area (Å²) in [6.45, 7) is 2.42. The Morgan fingerprint density at radius 1 is 1.53 bits per heavy atom. The zero-order valence-corrected chi connectivity index (χ0v) is 11.1. The summed E-state index contributed by atoms with van der Waals surface area (Å²) in [5, 5.41) is 13.8. The standard InChI is InChI=1S/C13H13FN2O2S/c1-7-2-3-19-12(7)6-16-11-4-8(13(17)18)10(15)5-9(11)14/h2-5,16H,6,15H2,1H3,(H,17,18). The van der Waals surface area contributed by atoms with Gasteiger partial charge in [0.2, 0.25) is 0 Å². The Balaban J connectivity index is 2.23.